The number of sulfonamides is 1. The number of nitrogens with one attached hydrogen (secondary N) is 2. The van der Waals surface area contributed by atoms with Crippen LogP contribution in [0.25, 0.3) is 11.0 Å². The van der Waals surface area contributed by atoms with Crippen molar-refractivity contribution in [1.29, 1.82) is 0 Å². The lowest BCUT2D eigenvalue weighted by Gasteiger charge is -2.40. The smallest absolute Gasteiger partial charge is 0.208 e. The Bertz CT molecular complexity index is 721. The second-order valence-electron chi connectivity index (χ2n) is 5.06. The molecule has 9 heteroatoms. The van der Waals surface area contributed by atoms with Crippen LogP contribution in [0.3, 0.4) is 0 Å². The van der Waals surface area contributed by atoms with Gasteiger partial charge in [0.15, 0.2) is 5.82 Å². The first-order valence-corrected chi connectivity index (χ1v) is 8.12. The summed E-state index contributed by atoms with van der Waals surface area (Å²) in [5.74, 6) is 6.76. The summed E-state index contributed by atoms with van der Waals surface area (Å²) in [5, 5.41) is 2.45. The minimum absolute atomic E-state index is 0.0513. The first-order valence-electron chi connectivity index (χ1n) is 6.23. The van der Waals surface area contributed by atoms with E-state index in [0.29, 0.717) is 18.7 Å². The van der Waals surface area contributed by atoms with Crippen molar-refractivity contribution >= 4 is 26.9 Å². The standard InChI is InChI=1S/C11H16N6O2S/c1-20(18,19)16-7-4-8(5-7)17(12)11-9-2-3-13-10(9)14-6-15-11/h2-3,6-8,16H,4-5,12H2,1H3,(H,13,14,15). The lowest BCUT2D eigenvalue weighted by atomic mass is 9.87. The molecule has 3 rings (SSSR count). The van der Waals surface area contributed by atoms with E-state index in [2.05, 4.69) is 19.7 Å². The number of H-pyrrole nitrogens is 1. The van der Waals surface area contributed by atoms with E-state index >= 15 is 0 Å². The maximum absolute atomic E-state index is 11.1. The third kappa shape index (κ3) is 2.47. The minimum atomic E-state index is -3.16. The van der Waals surface area contributed by atoms with E-state index < -0.39 is 10.0 Å². The van der Waals surface area contributed by atoms with Crippen molar-refractivity contribution < 1.29 is 8.42 Å². The second-order valence-corrected chi connectivity index (χ2v) is 6.84. The Kier molecular flexibility index (Phi) is 3.11. The van der Waals surface area contributed by atoms with Crippen molar-refractivity contribution in [2.24, 2.45) is 5.84 Å². The zero-order chi connectivity index (χ0) is 14.3. The van der Waals surface area contributed by atoms with Gasteiger partial charge in [0.05, 0.1) is 11.6 Å². The van der Waals surface area contributed by atoms with Crippen LogP contribution in [-0.4, -0.2) is 41.7 Å². The van der Waals surface area contributed by atoms with Crippen molar-refractivity contribution in [2.45, 2.75) is 24.9 Å². The first kappa shape index (κ1) is 13.3. The Morgan fingerprint density at radius 1 is 1.45 bits per heavy atom. The quantitative estimate of drug-likeness (QED) is 0.527. The van der Waals surface area contributed by atoms with Gasteiger partial charge < -0.3 is 4.98 Å². The van der Waals surface area contributed by atoms with Crippen LogP contribution >= 0.6 is 0 Å². The lowest BCUT2D eigenvalue weighted by Crippen LogP contribution is -2.56. The first-order chi connectivity index (χ1) is 9.44. The molecule has 0 aliphatic heterocycles. The molecule has 0 aromatic carbocycles. The van der Waals surface area contributed by atoms with Gasteiger partial charge in [-0.05, 0) is 18.9 Å². The highest BCUT2D eigenvalue weighted by Crippen LogP contribution is 2.30. The number of hydrogen-bond donors (Lipinski definition) is 3. The van der Waals surface area contributed by atoms with Gasteiger partial charge in [-0.3, -0.25) is 5.01 Å². The third-order valence-electron chi connectivity index (χ3n) is 3.46. The Balaban J connectivity index is 1.72. The molecule has 0 atom stereocenters. The molecule has 8 nitrogen and oxygen atoms in total. The van der Waals surface area contributed by atoms with Crippen LogP contribution in [-0.2, 0) is 10.0 Å². The topological polar surface area (TPSA) is 117 Å². The summed E-state index contributed by atoms with van der Waals surface area (Å²) in [6.07, 6.45) is 5.73. The molecule has 2 aromatic rings. The van der Waals surface area contributed by atoms with E-state index in [1.165, 1.54) is 6.33 Å². The third-order valence-corrected chi connectivity index (χ3v) is 4.23. The van der Waals surface area contributed by atoms with E-state index in [0.717, 1.165) is 17.3 Å². The van der Waals surface area contributed by atoms with Gasteiger partial charge in [-0.15, -0.1) is 0 Å². The van der Waals surface area contributed by atoms with Crippen molar-refractivity contribution in [2.75, 3.05) is 11.3 Å². The number of rotatable bonds is 4. The molecule has 0 bridgehead atoms. The summed E-state index contributed by atoms with van der Waals surface area (Å²) < 4.78 is 24.9. The molecular weight excluding hydrogens is 280 g/mol. The van der Waals surface area contributed by atoms with Crippen LogP contribution in [0.5, 0.6) is 0 Å². The van der Waals surface area contributed by atoms with Crippen LogP contribution in [0.1, 0.15) is 12.8 Å². The van der Waals surface area contributed by atoms with Gasteiger partial charge in [0, 0.05) is 18.3 Å². The maximum atomic E-state index is 11.1. The normalized spacial score (nSPS) is 22.7. The van der Waals surface area contributed by atoms with Gasteiger partial charge >= 0.3 is 0 Å². The fourth-order valence-corrected chi connectivity index (χ4v) is 3.25. The summed E-state index contributed by atoms with van der Waals surface area (Å²) in [7, 11) is -3.16. The summed E-state index contributed by atoms with van der Waals surface area (Å²) in [4.78, 5) is 11.3. The zero-order valence-electron chi connectivity index (χ0n) is 10.9. The molecule has 0 amide bonds. The molecule has 108 valence electrons. The van der Waals surface area contributed by atoms with Crippen LogP contribution in [0.15, 0.2) is 18.6 Å². The predicted octanol–water partition coefficient (Wildman–Crippen LogP) is -0.282. The summed E-state index contributed by atoms with van der Waals surface area (Å²) in [6, 6.07) is 1.89. The Labute approximate surface area is 116 Å². The zero-order valence-corrected chi connectivity index (χ0v) is 11.8. The molecular formula is C11H16N6O2S. The molecule has 2 heterocycles. The van der Waals surface area contributed by atoms with E-state index in [1.54, 1.807) is 11.2 Å². The van der Waals surface area contributed by atoms with Crippen LogP contribution in [0, 0.1) is 0 Å². The molecule has 0 saturated heterocycles. The molecule has 1 aliphatic rings. The molecule has 1 aliphatic carbocycles. The molecule has 0 spiro atoms. The number of anilines is 1. The van der Waals surface area contributed by atoms with Crippen LogP contribution in [0.2, 0.25) is 0 Å². The average Bonchev–Trinajstić information content (AvgIpc) is 2.79. The summed E-state index contributed by atoms with van der Waals surface area (Å²) in [5.41, 5.74) is 0.732. The summed E-state index contributed by atoms with van der Waals surface area (Å²) in [6.45, 7) is 0. The van der Waals surface area contributed by atoms with Crippen molar-refractivity contribution in [3.63, 3.8) is 0 Å². The van der Waals surface area contributed by atoms with Gasteiger partial charge in [0.1, 0.15) is 12.0 Å². The number of aromatic amines is 1. The van der Waals surface area contributed by atoms with Crippen molar-refractivity contribution in [3.8, 4) is 0 Å². The molecule has 1 fully saturated rings. The maximum Gasteiger partial charge on any atom is 0.208 e. The number of hydrazine groups is 1. The predicted molar refractivity (Wildman–Crippen MR) is 75.3 cm³/mol. The van der Waals surface area contributed by atoms with E-state index in [-0.39, 0.29) is 12.1 Å². The van der Waals surface area contributed by atoms with Gasteiger partial charge in [-0.1, -0.05) is 0 Å². The number of aromatic nitrogens is 3. The molecule has 0 unspecified atom stereocenters. The average molecular weight is 296 g/mol. The fraction of sp³-hybridized carbons (Fsp3) is 0.455. The Morgan fingerprint density at radius 3 is 2.90 bits per heavy atom. The highest BCUT2D eigenvalue weighted by molar-refractivity contribution is 7.88. The minimum Gasteiger partial charge on any atom is -0.346 e. The highest BCUT2D eigenvalue weighted by atomic mass is 32.2. The number of fused-ring (bicyclic) bond motifs is 1. The van der Waals surface area contributed by atoms with E-state index in [1.807, 2.05) is 6.07 Å². The monoisotopic (exact) mass is 296 g/mol. The lowest BCUT2D eigenvalue weighted by molar-refractivity contribution is 0.309. The van der Waals surface area contributed by atoms with Crippen LogP contribution in [0.4, 0.5) is 5.82 Å². The van der Waals surface area contributed by atoms with Gasteiger partial charge in [-0.25, -0.2) is 29.0 Å². The van der Waals surface area contributed by atoms with E-state index in [9.17, 15) is 8.42 Å². The number of nitrogens with zero attached hydrogens (tertiary/aromatic N) is 3. The molecule has 1 saturated carbocycles. The SMILES string of the molecule is CS(=O)(=O)NC1CC(N(N)c2ncnc3[nH]ccc23)C1. The van der Waals surface area contributed by atoms with Gasteiger partial charge in [-0.2, -0.15) is 0 Å². The largest absolute Gasteiger partial charge is 0.346 e. The second kappa shape index (κ2) is 4.69. The summed E-state index contributed by atoms with van der Waals surface area (Å²) >= 11 is 0. The molecule has 4 N–H and O–H groups in total. The Morgan fingerprint density at radius 2 is 2.20 bits per heavy atom. The van der Waals surface area contributed by atoms with Gasteiger partial charge in [0.2, 0.25) is 10.0 Å². The highest BCUT2D eigenvalue weighted by Gasteiger charge is 2.35. The fourth-order valence-electron chi connectivity index (χ4n) is 2.45. The van der Waals surface area contributed by atoms with Crippen molar-refractivity contribution in [3.05, 3.63) is 18.6 Å². The van der Waals surface area contributed by atoms with Crippen LogP contribution < -0.4 is 15.6 Å². The van der Waals surface area contributed by atoms with Crippen molar-refractivity contribution in [1.82, 2.24) is 19.7 Å². The Hall–Kier alpha value is -1.71. The molecule has 0 radical (unpaired) electrons. The number of nitrogens with two attached hydrogens (primary N) is 1. The molecule has 20 heavy (non-hydrogen) atoms. The number of hydrogen-bond acceptors (Lipinski definition) is 6. The van der Waals surface area contributed by atoms with E-state index in [4.69, 9.17) is 5.84 Å². The molecule has 2 aromatic heterocycles. The van der Waals surface area contributed by atoms with Gasteiger partial charge in [0.25, 0.3) is 0 Å².